The van der Waals surface area contributed by atoms with E-state index in [-0.39, 0.29) is 4.90 Å². The summed E-state index contributed by atoms with van der Waals surface area (Å²) in [6.07, 6.45) is 0. The van der Waals surface area contributed by atoms with Crippen molar-refractivity contribution < 1.29 is 13.3 Å². The van der Waals surface area contributed by atoms with E-state index in [4.69, 9.17) is 14.2 Å². The first-order valence-electron chi connectivity index (χ1n) is 3.29. The van der Waals surface area contributed by atoms with E-state index >= 15 is 0 Å². The molecule has 0 heterocycles. The SMILES string of the molecule is Cc1ccc(S(N)(=O)(O)O)cc1. The topological polar surface area (TPSA) is 83.6 Å². The zero-order chi connectivity index (χ0) is 9.43. The number of rotatable bonds is 1. The molecule has 0 aromatic heterocycles. The van der Waals surface area contributed by atoms with Crippen LogP contribution in [0.1, 0.15) is 5.56 Å². The number of hydrogen-bond donors (Lipinski definition) is 3. The highest BCUT2D eigenvalue weighted by molar-refractivity contribution is 8.08. The van der Waals surface area contributed by atoms with Gasteiger partial charge < -0.3 is 0 Å². The van der Waals surface area contributed by atoms with Crippen LogP contribution < -0.4 is 5.14 Å². The van der Waals surface area contributed by atoms with Gasteiger partial charge in [0.25, 0.3) is 0 Å². The summed E-state index contributed by atoms with van der Waals surface area (Å²) in [5, 5.41) is 4.81. The zero-order valence-corrected chi connectivity index (χ0v) is 7.41. The molecule has 0 unspecified atom stereocenters. The summed E-state index contributed by atoms with van der Waals surface area (Å²) in [5.41, 5.74) is 0.926. The Morgan fingerprint density at radius 3 is 2.00 bits per heavy atom. The molecule has 0 aliphatic carbocycles. The number of nitrogens with two attached hydrogens (primary N) is 1. The van der Waals surface area contributed by atoms with Gasteiger partial charge in [0.15, 0.2) is 9.81 Å². The fourth-order valence-corrected chi connectivity index (χ4v) is 1.44. The van der Waals surface area contributed by atoms with Crippen molar-refractivity contribution in [2.45, 2.75) is 11.8 Å². The Bertz CT molecular complexity index is 340. The van der Waals surface area contributed by atoms with Gasteiger partial charge in [-0.2, -0.15) is 0 Å². The van der Waals surface area contributed by atoms with Crippen LogP contribution in [0.3, 0.4) is 0 Å². The largest absolute Gasteiger partial charge is 0.294 e. The predicted molar refractivity (Wildman–Crippen MR) is 47.0 cm³/mol. The third-order valence-corrected chi connectivity index (χ3v) is 2.62. The first-order valence-corrected chi connectivity index (χ1v) is 5.24. The molecule has 1 aromatic carbocycles. The van der Waals surface area contributed by atoms with Gasteiger partial charge in [-0.3, -0.25) is 9.11 Å². The van der Waals surface area contributed by atoms with Gasteiger partial charge in [-0.05, 0) is 19.1 Å². The smallest absolute Gasteiger partial charge is 0.162 e. The van der Waals surface area contributed by atoms with Crippen molar-refractivity contribution in [2.24, 2.45) is 5.14 Å². The van der Waals surface area contributed by atoms with Gasteiger partial charge in [-0.1, -0.05) is 17.7 Å². The minimum Gasteiger partial charge on any atom is -0.294 e. The van der Waals surface area contributed by atoms with Gasteiger partial charge in [0.1, 0.15) is 0 Å². The van der Waals surface area contributed by atoms with Crippen LogP contribution in [-0.2, 0) is 9.81 Å². The van der Waals surface area contributed by atoms with Crippen LogP contribution in [0.5, 0.6) is 0 Å². The first kappa shape index (κ1) is 9.34. The molecule has 4 nitrogen and oxygen atoms in total. The maximum atomic E-state index is 11.0. The molecular weight excluding hydrogens is 178 g/mol. The molecular formula is C7H11NO3S. The maximum Gasteiger partial charge on any atom is 0.162 e. The van der Waals surface area contributed by atoms with Crippen molar-refractivity contribution in [3.05, 3.63) is 29.8 Å². The first-order chi connectivity index (χ1) is 5.26. The van der Waals surface area contributed by atoms with E-state index in [1.807, 2.05) is 6.92 Å². The Morgan fingerprint density at radius 1 is 1.25 bits per heavy atom. The molecule has 0 aliphatic rings. The molecule has 0 spiro atoms. The van der Waals surface area contributed by atoms with Crippen molar-refractivity contribution in [3.63, 3.8) is 0 Å². The predicted octanol–water partition coefficient (Wildman–Crippen LogP) is 0.994. The molecule has 12 heavy (non-hydrogen) atoms. The van der Waals surface area contributed by atoms with Gasteiger partial charge in [0.05, 0.1) is 4.90 Å². The Kier molecular flexibility index (Phi) is 1.84. The van der Waals surface area contributed by atoms with Crippen molar-refractivity contribution in [3.8, 4) is 0 Å². The summed E-state index contributed by atoms with van der Waals surface area (Å²) in [6, 6.07) is 5.85. The molecule has 1 rings (SSSR count). The Labute approximate surface area is 70.6 Å². The van der Waals surface area contributed by atoms with Crippen molar-refractivity contribution >= 4 is 9.81 Å². The summed E-state index contributed by atoms with van der Waals surface area (Å²) in [4.78, 5) is -0.169. The minimum atomic E-state index is -5.03. The molecule has 0 saturated heterocycles. The molecule has 0 bridgehead atoms. The molecule has 1 aromatic rings. The lowest BCUT2D eigenvalue weighted by atomic mass is 10.2. The monoisotopic (exact) mass is 189 g/mol. The summed E-state index contributed by atoms with van der Waals surface area (Å²) >= 11 is 0. The summed E-state index contributed by atoms with van der Waals surface area (Å²) in [5.74, 6) is 0. The second kappa shape index (κ2) is 2.37. The molecule has 0 saturated carbocycles. The Hall–Kier alpha value is -0.750. The maximum absolute atomic E-state index is 11.0. The van der Waals surface area contributed by atoms with Crippen molar-refractivity contribution in [1.82, 2.24) is 0 Å². The third-order valence-electron chi connectivity index (χ3n) is 1.46. The second-order valence-corrected chi connectivity index (χ2v) is 5.05. The molecule has 4 N–H and O–H groups in total. The van der Waals surface area contributed by atoms with Crippen LogP contribution in [0.15, 0.2) is 29.2 Å². The summed E-state index contributed by atoms with van der Waals surface area (Å²) in [6.45, 7) is 1.83. The van der Waals surface area contributed by atoms with Crippen molar-refractivity contribution in [1.29, 1.82) is 0 Å². The second-order valence-electron chi connectivity index (χ2n) is 2.73. The number of hydrogen-bond acceptors (Lipinski definition) is 1. The van der Waals surface area contributed by atoms with Crippen LogP contribution in [0.2, 0.25) is 0 Å². The van der Waals surface area contributed by atoms with Gasteiger partial charge in [-0.25, -0.2) is 9.35 Å². The fraction of sp³-hybridized carbons (Fsp3) is 0.143. The van der Waals surface area contributed by atoms with Gasteiger partial charge in [0, 0.05) is 0 Å². The van der Waals surface area contributed by atoms with E-state index in [2.05, 4.69) is 0 Å². The zero-order valence-electron chi connectivity index (χ0n) is 6.60. The highest BCUT2D eigenvalue weighted by Crippen LogP contribution is 2.21. The quantitative estimate of drug-likeness (QED) is 0.616. The van der Waals surface area contributed by atoms with Crippen LogP contribution in [0, 0.1) is 6.92 Å². The highest BCUT2D eigenvalue weighted by atomic mass is 32.3. The van der Waals surface area contributed by atoms with E-state index in [0.29, 0.717) is 0 Å². The normalized spacial score (nSPS) is 15.2. The molecule has 0 aliphatic heterocycles. The van der Waals surface area contributed by atoms with Crippen LogP contribution in [0.25, 0.3) is 0 Å². The van der Waals surface area contributed by atoms with Crippen molar-refractivity contribution in [2.75, 3.05) is 0 Å². The molecule has 0 radical (unpaired) electrons. The lowest BCUT2D eigenvalue weighted by Crippen LogP contribution is -2.41. The van der Waals surface area contributed by atoms with E-state index in [0.717, 1.165) is 5.56 Å². The molecule has 0 amide bonds. The fourth-order valence-electron chi connectivity index (χ4n) is 0.794. The Morgan fingerprint density at radius 2 is 1.67 bits per heavy atom. The number of benzene rings is 1. The Balaban J connectivity index is 3.24. The third kappa shape index (κ3) is 2.12. The number of aryl methyl sites for hydroxylation is 1. The van der Waals surface area contributed by atoms with Gasteiger partial charge in [-0.15, -0.1) is 0 Å². The van der Waals surface area contributed by atoms with Crippen LogP contribution >= 0.6 is 0 Å². The van der Waals surface area contributed by atoms with Crippen LogP contribution in [-0.4, -0.2) is 13.3 Å². The average Bonchev–Trinajstić information content (AvgIpc) is 1.84. The molecule has 68 valence electrons. The molecule has 0 fully saturated rings. The van der Waals surface area contributed by atoms with E-state index in [1.54, 1.807) is 12.1 Å². The summed E-state index contributed by atoms with van der Waals surface area (Å²) < 4.78 is 28.9. The van der Waals surface area contributed by atoms with Crippen LogP contribution in [0.4, 0.5) is 0 Å². The lowest BCUT2D eigenvalue weighted by molar-refractivity contribution is 0.391. The molecule has 5 heteroatoms. The minimum absolute atomic E-state index is 0.169. The van der Waals surface area contributed by atoms with Gasteiger partial charge in [0.2, 0.25) is 0 Å². The molecule has 0 atom stereocenters. The summed E-state index contributed by atoms with van der Waals surface area (Å²) in [7, 11) is -5.03. The standard InChI is InChI=1S/C7H11NO3S/c1-6-2-4-7(5-3-6)12(8,9,10)11/h2-5H,1H3,(H4,8,9,10,11). The highest BCUT2D eigenvalue weighted by Gasteiger charge is 2.25. The lowest BCUT2D eigenvalue weighted by Gasteiger charge is -2.24. The van der Waals surface area contributed by atoms with E-state index in [9.17, 15) is 4.21 Å². The average molecular weight is 189 g/mol. The van der Waals surface area contributed by atoms with Gasteiger partial charge >= 0.3 is 0 Å². The van der Waals surface area contributed by atoms with E-state index in [1.165, 1.54) is 12.1 Å². The van der Waals surface area contributed by atoms with E-state index < -0.39 is 9.81 Å².